The van der Waals surface area contributed by atoms with Gasteiger partial charge >= 0.3 is 0 Å². The number of benzene rings is 1. The van der Waals surface area contributed by atoms with Crippen molar-refractivity contribution in [2.75, 3.05) is 7.11 Å². The van der Waals surface area contributed by atoms with E-state index in [9.17, 15) is 10.2 Å². The van der Waals surface area contributed by atoms with Gasteiger partial charge in [0.15, 0.2) is 6.29 Å². The summed E-state index contributed by atoms with van der Waals surface area (Å²) in [6, 6.07) is 9.65. The van der Waals surface area contributed by atoms with Crippen LogP contribution in [0.1, 0.15) is 12.5 Å². The van der Waals surface area contributed by atoms with E-state index < -0.39 is 24.6 Å². The molecule has 1 heterocycles. The second kappa shape index (κ2) is 6.45. The summed E-state index contributed by atoms with van der Waals surface area (Å²) >= 11 is 0. The Labute approximate surface area is 112 Å². The zero-order valence-electron chi connectivity index (χ0n) is 11.1. The molecule has 1 saturated heterocycles. The van der Waals surface area contributed by atoms with Crippen molar-refractivity contribution < 1.29 is 24.4 Å². The van der Waals surface area contributed by atoms with Crippen LogP contribution < -0.4 is 0 Å². The number of hydrogen-bond acceptors (Lipinski definition) is 5. The fourth-order valence-corrected chi connectivity index (χ4v) is 2.20. The number of aliphatic hydroxyl groups excluding tert-OH is 2. The summed E-state index contributed by atoms with van der Waals surface area (Å²) in [5, 5.41) is 19.9. The number of rotatable bonds is 4. The minimum atomic E-state index is -1.11. The quantitative estimate of drug-likeness (QED) is 0.840. The van der Waals surface area contributed by atoms with Gasteiger partial charge in [0.1, 0.15) is 18.3 Å². The molecule has 0 amide bonds. The Balaban J connectivity index is 1.96. The molecule has 1 aliphatic heterocycles. The Bertz CT molecular complexity index is 383. The van der Waals surface area contributed by atoms with E-state index in [1.807, 2.05) is 30.3 Å². The van der Waals surface area contributed by atoms with Gasteiger partial charge in [-0.1, -0.05) is 30.3 Å². The third-order valence-electron chi connectivity index (χ3n) is 3.29. The van der Waals surface area contributed by atoms with Crippen LogP contribution in [0.4, 0.5) is 0 Å². The van der Waals surface area contributed by atoms with Crippen molar-refractivity contribution in [3.63, 3.8) is 0 Å². The molecule has 0 spiro atoms. The summed E-state index contributed by atoms with van der Waals surface area (Å²) in [4.78, 5) is 0. The first kappa shape index (κ1) is 14.4. The van der Waals surface area contributed by atoms with Crippen LogP contribution in [0.2, 0.25) is 0 Å². The van der Waals surface area contributed by atoms with E-state index >= 15 is 0 Å². The molecule has 0 aliphatic carbocycles. The van der Waals surface area contributed by atoms with Gasteiger partial charge in [-0.25, -0.2) is 0 Å². The van der Waals surface area contributed by atoms with Gasteiger partial charge < -0.3 is 24.4 Å². The van der Waals surface area contributed by atoms with Crippen LogP contribution >= 0.6 is 0 Å². The van der Waals surface area contributed by atoms with Crippen molar-refractivity contribution in [3.8, 4) is 0 Å². The monoisotopic (exact) mass is 268 g/mol. The fraction of sp³-hybridized carbons (Fsp3) is 0.571. The van der Waals surface area contributed by atoms with E-state index in [0.717, 1.165) is 5.56 Å². The van der Waals surface area contributed by atoms with Crippen molar-refractivity contribution in [2.24, 2.45) is 0 Å². The van der Waals surface area contributed by atoms with E-state index in [1.165, 1.54) is 7.11 Å². The van der Waals surface area contributed by atoms with Crippen molar-refractivity contribution in [3.05, 3.63) is 35.9 Å². The lowest BCUT2D eigenvalue weighted by Gasteiger charge is -2.40. The van der Waals surface area contributed by atoms with Gasteiger partial charge in [0.2, 0.25) is 0 Å². The van der Waals surface area contributed by atoms with Crippen molar-refractivity contribution in [2.45, 2.75) is 44.2 Å². The number of aliphatic hydroxyl groups is 2. The van der Waals surface area contributed by atoms with Gasteiger partial charge in [-0.2, -0.15) is 0 Å². The summed E-state index contributed by atoms with van der Waals surface area (Å²) in [5.74, 6) is 0. The lowest BCUT2D eigenvalue weighted by Crippen LogP contribution is -2.57. The van der Waals surface area contributed by atoms with E-state index in [1.54, 1.807) is 6.92 Å². The zero-order valence-corrected chi connectivity index (χ0v) is 11.1. The molecule has 0 unspecified atom stereocenters. The topological polar surface area (TPSA) is 68.2 Å². The molecular formula is C14H20O5. The SMILES string of the molecule is CO[C@@H]1O[C@@H](C)[C@H](OCc2ccccc2)[C@@H](O)[C@H]1O. The normalized spacial score (nSPS) is 35.3. The van der Waals surface area contributed by atoms with Crippen molar-refractivity contribution in [1.82, 2.24) is 0 Å². The van der Waals surface area contributed by atoms with Gasteiger partial charge in [0, 0.05) is 7.11 Å². The Kier molecular flexibility index (Phi) is 4.90. The molecule has 1 fully saturated rings. The average Bonchev–Trinajstić information content (AvgIpc) is 2.44. The number of ether oxygens (including phenoxy) is 3. The average molecular weight is 268 g/mol. The van der Waals surface area contributed by atoms with Crippen molar-refractivity contribution in [1.29, 1.82) is 0 Å². The predicted molar refractivity (Wildman–Crippen MR) is 68.4 cm³/mol. The van der Waals surface area contributed by atoms with Crippen LogP contribution in [0.3, 0.4) is 0 Å². The predicted octanol–water partition coefficient (Wildman–Crippen LogP) is 0.685. The highest BCUT2D eigenvalue weighted by Crippen LogP contribution is 2.24. The van der Waals surface area contributed by atoms with Crippen LogP contribution in [0.25, 0.3) is 0 Å². The molecule has 1 aromatic rings. The summed E-state index contributed by atoms with van der Waals surface area (Å²) in [7, 11) is 1.43. The zero-order chi connectivity index (χ0) is 13.8. The standard InChI is InChI=1S/C14H20O5/c1-9-13(11(15)12(16)14(17-2)19-9)18-8-10-6-4-3-5-7-10/h3-7,9,11-16H,8H2,1-2H3/t9-,11-,12+,13-,14+/m0/s1. The summed E-state index contributed by atoms with van der Waals surface area (Å²) < 4.78 is 16.1. The largest absolute Gasteiger partial charge is 0.387 e. The molecule has 5 atom stereocenters. The Morgan fingerprint density at radius 1 is 1.16 bits per heavy atom. The Hall–Kier alpha value is -0.980. The molecule has 2 N–H and O–H groups in total. The first-order valence-corrected chi connectivity index (χ1v) is 6.33. The minimum Gasteiger partial charge on any atom is -0.387 e. The highest BCUT2D eigenvalue weighted by Gasteiger charge is 2.43. The van der Waals surface area contributed by atoms with Crippen LogP contribution in [0.5, 0.6) is 0 Å². The third-order valence-corrected chi connectivity index (χ3v) is 3.29. The van der Waals surface area contributed by atoms with E-state index in [0.29, 0.717) is 6.61 Å². The lowest BCUT2D eigenvalue weighted by molar-refractivity contribution is -0.294. The van der Waals surface area contributed by atoms with Crippen LogP contribution in [0.15, 0.2) is 30.3 Å². The Morgan fingerprint density at radius 2 is 1.84 bits per heavy atom. The molecule has 19 heavy (non-hydrogen) atoms. The molecule has 5 heteroatoms. The minimum absolute atomic E-state index is 0.355. The third kappa shape index (κ3) is 3.32. The molecule has 1 aromatic carbocycles. The molecule has 0 saturated carbocycles. The first-order valence-electron chi connectivity index (χ1n) is 6.33. The molecule has 0 bridgehead atoms. The maximum absolute atomic E-state index is 10.1. The Morgan fingerprint density at radius 3 is 2.47 bits per heavy atom. The van der Waals surface area contributed by atoms with Crippen LogP contribution in [-0.2, 0) is 20.8 Å². The lowest BCUT2D eigenvalue weighted by atomic mass is 9.99. The highest BCUT2D eigenvalue weighted by atomic mass is 16.7. The molecule has 0 radical (unpaired) electrons. The van der Waals surface area contributed by atoms with Gasteiger partial charge in [0.25, 0.3) is 0 Å². The summed E-state index contributed by atoms with van der Waals surface area (Å²) in [5.41, 5.74) is 1.00. The van der Waals surface area contributed by atoms with E-state index in [4.69, 9.17) is 14.2 Å². The second-order valence-electron chi connectivity index (χ2n) is 4.69. The molecule has 5 nitrogen and oxygen atoms in total. The second-order valence-corrected chi connectivity index (χ2v) is 4.69. The molecule has 106 valence electrons. The van der Waals surface area contributed by atoms with Crippen molar-refractivity contribution >= 4 is 0 Å². The molecule has 2 rings (SSSR count). The first-order chi connectivity index (χ1) is 9.13. The van der Waals surface area contributed by atoms with Gasteiger partial charge in [0.05, 0.1) is 12.7 Å². The van der Waals surface area contributed by atoms with Crippen LogP contribution in [-0.4, -0.2) is 48.0 Å². The maximum atomic E-state index is 10.1. The van der Waals surface area contributed by atoms with Gasteiger partial charge in [-0.15, -0.1) is 0 Å². The number of hydrogen-bond donors (Lipinski definition) is 2. The van der Waals surface area contributed by atoms with Crippen LogP contribution in [0, 0.1) is 0 Å². The molecular weight excluding hydrogens is 248 g/mol. The fourth-order valence-electron chi connectivity index (χ4n) is 2.20. The molecule has 0 aromatic heterocycles. The van der Waals surface area contributed by atoms with Gasteiger partial charge in [-0.05, 0) is 12.5 Å². The van der Waals surface area contributed by atoms with Gasteiger partial charge in [-0.3, -0.25) is 0 Å². The van der Waals surface area contributed by atoms with E-state index in [2.05, 4.69) is 0 Å². The smallest absolute Gasteiger partial charge is 0.186 e. The maximum Gasteiger partial charge on any atom is 0.186 e. The highest BCUT2D eigenvalue weighted by molar-refractivity contribution is 5.13. The van der Waals surface area contributed by atoms with E-state index in [-0.39, 0.29) is 6.10 Å². The summed E-state index contributed by atoms with van der Waals surface area (Å²) in [6.07, 6.45) is -3.89. The molecule has 1 aliphatic rings. The summed E-state index contributed by atoms with van der Waals surface area (Å²) in [6.45, 7) is 2.15. The number of methoxy groups -OCH3 is 1.